The molecule has 0 aromatic heterocycles. The highest BCUT2D eigenvalue weighted by Crippen LogP contribution is 2.40. The third kappa shape index (κ3) is 3.57. The highest BCUT2D eigenvalue weighted by molar-refractivity contribution is 6.04. The zero-order valence-electron chi connectivity index (χ0n) is 15.5. The van der Waals surface area contributed by atoms with Crippen molar-refractivity contribution < 1.29 is 0 Å². The molecule has 1 N–H and O–H groups in total. The quantitative estimate of drug-likeness (QED) is 0.672. The Labute approximate surface area is 141 Å². The van der Waals surface area contributed by atoms with Gasteiger partial charge in [0.2, 0.25) is 0 Å². The van der Waals surface area contributed by atoms with Gasteiger partial charge in [0.1, 0.15) is 0 Å². The predicted molar refractivity (Wildman–Crippen MR) is 103 cm³/mol. The topological polar surface area (TPSA) is 27.1 Å². The number of rotatable bonds is 6. The minimum Gasteiger partial charge on any atom is -0.378 e. The van der Waals surface area contributed by atoms with Gasteiger partial charge in [0, 0.05) is 37.0 Å². The van der Waals surface area contributed by atoms with Crippen LogP contribution in [0.15, 0.2) is 35.4 Å². The van der Waals surface area contributed by atoms with Crippen LogP contribution in [-0.2, 0) is 0 Å². The van der Waals surface area contributed by atoms with Crippen LogP contribution < -0.4 is 4.90 Å². The maximum absolute atomic E-state index is 8.60. The van der Waals surface area contributed by atoms with Crippen molar-refractivity contribution in [3.05, 3.63) is 46.5 Å². The minimum atomic E-state index is 0.429. The predicted octanol–water partition coefficient (Wildman–Crippen LogP) is 5.68. The lowest BCUT2D eigenvalue weighted by molar-refractivity contribution is 0.832. The van der Waals surface area contributed by atoms with Crippen LogP contribution in [0.25, 0.3) is 5.57 Å². The van der Waals surface area contributed by atoms with E-state index >= 15 is 0 Å². The monoisotopic (exact) mass is 310 g/mol. The van der Waals surface area contributed by atoms with Gasteiger partial charge in [-0.25, -0.2) is 0 Å². The van der Waals surface area contributed by atoms with Crippen LogP contribution in [0.2, 0.25) is 0 Å². The number of hydrogen-bond donors (Lipinski definition) is 1. The molecule has 1 aromatic rings. The smallest absolute Gasteiger partial charge is 0.0393 e. The summed E-state index contributed by atoms with van der Waals surface area (Å²) in [6.07, 6.45) is 5.40. The zero-order chi connectivity index (χ0) is 17.1. The molecule has 1 unspecified atom stereocenters. The summed E-state index contributed by atoms with van der Waals surface area (Å²) in [7, 11) is 4.12. The molecule has 0 saturated carbocycles. The second kappa shape index (κ2) is 7.16. The summed E-state index contributed by atoms with van der Waals surface area (Å²) in [6.45, 7) is 8.84. The Morgan fingerprint density at radius 3 is 2.43 bits per heavy atom. The highest BCUT2D eigenvalue weighted by atomic mass is 15.1. The van der Waals surface area contributed by atoms with Gasteiger partial charge in [-0.1, -0.05) is 38.0 Å². The van der Waals surface area contributed by atoms with Gasteiger partial charge in [0.05, 0.1) is 0 Å². The second-order valence-corrected chi connectivity index (χ2v) is 6.88. The first kappa shape index (κ1) is 17.5. The van der Waals surface area contributed by atoms with E-state index < -0.39 is 0 Å². The van der Waals surface area contributed by atoms with E-state index in [-0.39, 0.29) is 0 Å². The lowest BCUT2D eigenvalue weighted by atomic mass is 9.87. The van der Waals surface area contributed by atoms with Crippen molar-refractivity contribution in [2.75, 3.05) is 19.0 Å². The van der Waals surface area contributed by atoms with Gasteiger partial charge in [-0.2, -0.15) is 0 Å². The van der Waals surface area contributed by atoms with Crippen molar-refractivity contribution in [2.24, 2.45) is 5.92 Å². The van der Waals surface area contributed by atoms with Crippen LogP contribution in [0.1, 0.15) is 58.1 Å². The molecule has 2 rings (SSSR count). The SMILES string of the molecule is CCCCC(=N)c1cc(N(C)C)ccc1C1=C(C)C(C)=CC1C. The molecule has 2 heteroatoms. The molecule has 0 radical (unpaired) electrons. The Morgan fingerprint density at radius 2 is 1.91 bits per heavy atom. The fraction of sp³-hybridized carbons (Fsp3) is 0.476. The molecule has 0 fully saturated rings. The molecule has 23 heavy (non-hydrogen) atoms. The normalized spacial score (nSPS) is 17.5. The molecule has 0 saturated heterocycles. The third-order valence-corrected chi connectivity index (χ3v) is 4.87. The van der Waals surface area contributed by atoms with Gasteiger partial charge in [-0.3, -0.25) is 0 Å². The average molecular weight is 310 g/mol. The first-order chi connectivity index (χ1) is 10.9. The van der Waals surface area contributed by atoms with Crippen molar-refractivity contribution in [2.45, 2.75) is 47.0 Å². The first-order valence-corrected chi connectivity index (χ1v) is 8.65. The van der Waals surface area contributed by atoms with Crippen molar-refractivity contribution in [3.8, 4) is 0 Å². The summed E-state index contributed by atoms with van der Waals surface area (Å²) < 4.78 is 0. The summed E-state index contributed by atoms with van der Waals surface area (Å²) >= 11 is 0. The summed E-state index contributed by atoms with van der Waals surface area (Å²) in [5.74, 6) is 0.429. The van der Waals surface area contributed by atoms with Gasteiger partial charge in [-0.05, 0) is 55.5 Å². The van der Waals surface area contributed by atoms with Gasteiger partial charge in [-0.15, -0.1) is 0 Å². The number of unbranched alkanes of at least 4 members (excludes halogenated alkanes) is 1. The van der Waals surface area contributed by atoms with Crippen molar-refractivity contribution in [1.82, 2.24) is 0 Å². The van der Waals surface area contributed by atoms with Crippen LogP contribution in [0.4, 0.5) is 5.69 Å². The van der Waals surface area contributed by atoms with E-state index in [1.165, 1.54) is 28.0 Å². The van der Waals surface area contributed by atoms with Gasteiger partial charge >= 0.3 is 0 Å². The molecule has 124 valence electrons. The number of benzene rings is 1. The van der Waals surface area contributed by atoms with Crippen LogP contribution in [0, 0.1) is 11.3 Å². The lowest BCUT2D eigenvalue weighted by Crippen LogP contribution is -2.12. The molecule has 1 atom stereocenters. The number of anilines is 1. The average Bonchev–Trinajstić information content (AvgIpc) is 2.77. The van der Waals surface area contributed by atoms with Crippen molar-refractivity contribution >= 4 is 17.0 Å². The van der Waals surface area contributed by atoms with Crippen molar-refractivity contribution in [1.29, 1.82) is 5.41 Å². The Bertz CT molecular complexity index is 662. The van der Waals surface area contributed by atoms with Crippen LogP contribution in [0.5, 0.6) is 0 Å². The van der Waals surface area contributed by atoms with Gasteiger partial charge < -0.3 is 10.3 Å². The molecule has 0 spiro atoms. The van der Waals surface area contributed by atoms with Gasteiger partial charge in [0.25, 0.3) is 0 Å². The summed E-state index contributed by atoms with van der Waals surface area (Å²) in [5, 5.41) is 8.60. The molecule has 0 aliphatic heterocycles. The van der Waals surface area contributed by atoms with E-state index in [1.54, 1.807) is 0 Å². The number of hydrogen-bond acceptors (Lipinski definition) is 2. The molecular formula is C21H30N2. The minimum absolute atomic E-state index is 0.429. The summed E-state index contributed by atoms with van der Waals surface area (Å²) in [5.41, 5.74) is 8.42. The number of nitrogens with zero attached hydrogens (tertiary/aromatic N) is 1. The van der Waals surface area contributed by atoms with E-state index in [0.717, 1.165) is 30.5 Å². The van der Waals surface area contributed by atoms with Crippen LogP contribution in [-0.4, -0.2) is 19.8 Å². The number of allylic oxidation sites excluding steroid dienone is 4. The maximum Gasteiger partial charge on any atom is 0.0393 e. The Morgan fingerprint density at radius 1 is 1.22 bits per heavy atom. The standard InChI is InChI=1S/C21H30N2/c1-7-8-9-20(22)19-13-17(23(5)6)10-11-18(19)21-15(3)12-14(2)16(21)4/h10-13,15,22H,7-9H2,1-6H3. The van der Waals surface area contributed by atoms with Crippen LogP contribution in [0.3, 0.4) is 0 Å². The van der Waals surface area contributed by atoms with E-state index in [4.69, 9.17) is 5.41 Å². The Balaban J connectivity index is 2.53. The second-order valence-electron chi connectivity index (χ2n) is 6.88. The van der Waals surface area contributed by atoms with E-state index in [2.05, 4.69) is 71.0 Å². The molecule has 0 bridgehead atoms. The van der Waals surface area contributed by atoms with Gasteiger partial charge in [0.15, 0.2) is 0 Å². The zero-order valence-corrected chi connectivity index (χ0v) is 15.5. The van der Waals surface area contributed by atoms with E-state index in [9.17, 15) is 0 Å². The molecule has 2 nitrogen and oxygen atoms in total. The Hall–Kier alpha value is -1.83. The Kier molecular flexibility index (Phi) is 5.46. The van der Waals surface area contributed by atoms with E-state index in [1.807, 2.05) is 0 Å². The fourth-order valence-electron chi connectivity index (χ4n) is 3.37. The van der Waals surface area contributed by atoms with Crippen LogP contribution >= 0.6 is 0 Å². The van der Waals surface area contributed by atoms with E-state index in [0.29, 0.717) is 5.92 Å². The third-order valence-electron chi connectivity index (χ3n) is 4.87. The largest absolute Gasteiger partial charge is 0.378 e. The summed E-state index contributed by atoms with van der Waals surface area (Å²) in [6, 6.07) is 6.58. The number of nitrogens with one attached hydrogen (secondary N) is 1. The molecular weight excluding hydrogens is 280 g/mol. The van der Waals surface area contributed by atoms with Crippen molar-refractivity contribution in [3.63, 3.8) is 0 Å². The maximum atomic E-state index is 8.60. The molecule has 1 aliphatic rings. The highest BCUT2D eigenvalue weighted by Gasteiger charge is 2.23. The lowest BCUT2D eigenvalue weighted by Gasteiger charge is -2.20. The fourth-order valence-corrected chi connectivity index (χ4v) is 3.37. The molecule has 0 heterocycles. The molecule has 0 amide bonds. The summed E-state index contributed by atoms with van der Waals surface area (Å²) in [4.78, 5) is 2.11. The molecule has 1 aliphatic carbocycles. The first-order valence-electron chi connectivity index (χ1n) is 8.65. The molecule has 1 aromatic carbocycles.